The van der Waals surface area contributed by atoms with E-state index in [4.69, 9.17) is 22.1 Å². The fourth-order valence-electron chi connectivity index (χ4n) is 4.18. The van der Waals surface area contributed by atoms with Crippen LogP contribution in [0.5, 0.6) is 11.6 Å². The van der Waals surface area contributed by atoms with Gasteiger partial charge in [-0.3, -0.25) is 0 Å². The number of hydrogen-bond acceptors (Lipinski definition) is 6. The topological polar surface area (TPSA) is 131 Å². The summed E-state index contributed by atoms with van der Waals surface area (Å²) in [7, 11) is -2.24. The van der Waals surface area contributed by atoms with Gasteiger partial charge in [0.25, 0.3) is 0 Å². The number of ether oxygens (including phenoxy) is 1. The van der Waals surface area contributed by atoms with E-state index < -0.39 is 10.0 Å². The molecule has 4 aromatic carbocycles. The van der Waals surface area contributed by atoms with Crippen molar-refractivity contribution >= 4 is 60.4 Å². The van der Waals surface area contributed by atoms with Crippen LogP contribution in [0.1, 0.15) is 5.56 Å². The highest BCUT2D eigenvalue weighted by atomic mass is 32.2. The number of fused-ring (bicyclic) bond motifs is 2. The fourth-order valence-corrected chi connectivity index (χ4v) is 4.85. The van der Waals surface area contributed by atoms with Gasteiger partial charge in [-0.25, -0.2) is 13.6 Å². The third-order valence-electron chi connectivity index (χ3n) is 6.05. The Bertz CT molecular complexity index is 1810. The van der Waals surface area contributed by atoms with Crippen LogP contribution in [-0.2, 0) is 16.6 Å². The maximum atomic E-state index is 11.4. The van der Waals surface area contributed by atoms with Gasteiger partial charge in [0.1, 0.15) is 5.75 Å². The van der Waals surface area contributed by atoms with E-state index >= 15 is 0 Å². The van der Waals surface area contributed by atoms with E-state index in [-0.39, 0.29) is 21.6 Å². The Morgan fingerprint density at radius 2 is 1.76 bits per heavy atom. The zero-order valence-electron chi connectivity index (χ0n) is 20.2. The molecule has 5 rings (SSSR count). The van der Waals surface area contributed by atoms with Crippen molar-refractivity contribution in [1.29, 1.82) is 0 Å². The summed E-state index contributed by atoms with van der Waals surface area (Å²) in [6.07, 6.45) is 0. The number of sulfonamides is 1. The molecular weight excluding hydrogens is 522 g/mol. The smallest absolute Gasteiger partial charge is 0.238 e. The number of nitrogens with two attached hydrogens (primary N) is 1. The highest BCUT2D eigenvalue weighted by Crippen LogP contribution is 2.41. The number of hydrogen-bond donors (Lipinski definition) is 3. The number of methoxy groups -OCH3 is 1. The van der Waals surface area contributed by atoms with Crippen molar-refractivity contribution in [3.8, 4) is 11.6 Å². The normalized spacial score (nSPS) is 11.8. The summed E-state index contributed by atoms with van der Waals surface area (Å²) in [6, 6.07) is 25.5. The van der Waals surface area contributed by atoms with E-state index in [9.17, 15) is 13.5 Å². The molecule has 0 amide bonds. The molecule has 5 aromatic rings. The number of thiocarbonyl (C=S) groups is 1. The van der Waals surface area contributed by atoms with Crippen LogP contribution in [0.2, 0.25) is 0 Å². The molecule has 0 fully saturated rings. The third-order valence-corrected chi connectivity index (χ3v) is 7.16. The number of aromatic hydroxyl groups is 1. The second kappa shape index (κ2) is 10.2. The number of rotatable bonds is 6. The quantitative estimate of drug-likeness (QED) is 0.186. The van der Waals surface area contributed by atoms with Crippen molar-refractivity contribution in [3.05, 3.63) is 90.5 Å². The Hall–Kier alpha value is -4.32. The van der Waals surface area contributed by atoms with Gasteiger partial charge in [-0.1, -0.05) is 36.4 Å². The van der Waals surface area contributed by atoms with Crippen molar-refractivity contribution in [1.82, 2.24) is 4.57 Å². The average Bonchev–Trinajstić information content (AvgIpc) is 3.16. The molecule has 0 saturated carbocycles. The molecule has 0 aliphatic carbocycles. The van der Waals surface area contributed by atoms with E-state index in [1.54, 1.807) is 17.7 Å². The molecule has 9 nitrogen and oxygen atoms in total. The first kappa shape index (κ1) is 25.3. The summed E-state index contributed by atoms with van der Waals surface area (Å²) >= 11 is 5.29. The molecule has 0 atom stereocenters. The number of anilines is 1. The van der Waals surface area contributed by atoms with Crippen LogP contribution >= 0.6 is 12.2 Å². The second-order valence-corrected chi connectivity index (χ2v) is 10.5. The van der Waals surface area contributed by atoms with Crippen molar-refractivity contribution in [3.63, 3.8) is 0 Å². The Morgan fingerprint density at radius 3 is 2.47 bits per heavy atom. The first-order chi connectivity index (χ1) is 18.2. The minimum Gasteiger partial charge on any atom is -0.497 e. The summed E-state index contributed by atoms with van der Waals surface area (Å²) in [6.45, 7) is 0.411. The van der Waals surface area contributed by atoms with E-state index in [1.165, 1.54) is 24.3 Å². The minimum absolute atomic E-state index is 0.0195. The molecule has 0 aliphatic rings. The van der Waals surface area contributed by atoms with Gasteiger partial charge in [0.05, 0.1) is 24.1 Å². The molecule has 11 heteroatoms. The highest BCUT2D eigenvalue weighted by Gasteiger charge is 2.18. The first-order valence-corrected chi connectivity index (χ1v) is 13.4. The molecule has 192 valence electrons. The van der Waals surface area contributed by atoms with Crippen LogP contribution in [0.15, 0.2) is 100 Å². The summed E-state index contributed by atoms with van der Waals surface area (Å²) in [5.41, 5.74) is 2.51. The number of aromatic nitrogens is 1. The Kier molecular flexibility index (Phi) is 6.81. The molecule has 4 N–H and O–H groups in total. The Labute approximate surface area is 224 Å². The highest BCUT2D eigenvalue weighted by molar-refractivity contribution is 7.89. The summed E-state index contributed by atoms with van der Waals surface area (Å²) in [4.78, 5) is -0.0197. The second-order valence-electron chi connectivity index (χ2n) is 8.52. The van der Waals surface area contributed by atoms with Crippen molar-refractivity contribution < 1.29 is 18.3 Å². The zero-order valence-corrected chi connectivity index (χ0v) is 21.8. The lowest BCUT2D eigenvalue weighted by Gasteiger charge is -2.09. The predicted molar refractivity (Wildman–Crippen MR) is 152 cm³/mol. The van der Waals surface area contributed by atoms with Crippen LogP contribution in [-0.4, -0.2) is 30.3 Å². The van der Waals surface area contributed by atoms with Crippen LogP contribution in [0.3, 0.4) is 0 Å². The van der Waals surface area contributed by atoms with E-state index in [2.05, 4.69) is 33.7 Å². The lowest BCUT2D eigenvalue weighted by molar-refractivity contribution is 0.415. The van der Waals surface area contributed by atoms with Gasteiger partial charge in [0, 0.05) is 11.1 Å². The number of nitrogens with one attached hydrogen (secondary N) is 1. The summed E-state index contributed by atoms with van der Waals surface area (Å²) in [5.74, 6) is 0.540. The minimum atomic E-state index is -3.80. The van der Waals surface area contributed by atoms with E-state index in [1.807, 2.05) is 36.4 Å². The van der Waals surface area contributed by atoms with Gasteiger partial charge in [-0.05, 0) is 77.1 Å². The third kappa shape index (κ3) is 5.21. The van der Waals surface area contributed by atoms with Crippen molar-refractivity contribution in [2.45, 2.75) is 11.4 Å². The average molecular weight is 546 g/mol. The molecule has 0 radical (unpaired) electrons. The first-order valence-electron chi connectivity index (χ1n) is 11.5. The van der Waals surface area contributed by atoms with Crippen LogP contribution in [0.4, 0.5) is 11.4 Å². The standard InChI is InChI=1S/C27H23N5O4S2/c1-36-21-10-13-24-23(15-21)25(30-31-27(37)29-20-8-11-22(12-9-20)38(28,34)35)26(33)32(24)16-17-6-7-18-4-2-3-5-19(18)14-17/h2-15,33H,16H2,1H3,(H,29,37)(H2,28,34,35). The molecule has 0 saturated heterocycles. The predicted octanol–water partition coefficient (Wildman–Crippen LogP) is 5.69. The van der Waals surface area contributed by atoms with Crippen molar-refractivity contribution in [2.24, 2.45) is 15.4 Å². The Balaban J connectivity index is 1.46. The van der Waals surface area contributed by atoms with Crippen molar-refractivity contribution in [2.75, 3.05) is 12.4 Å². The molecular formula is C27H23N5O4S2. The van der Waals surface area contributed by atoms with Crippen LogP contribution in [0, 0.1) is 0 Å². The number of benzene rings is 4. The largest absolute Gasteiger partial charge is 0.497 e. The van der Waals surface area contributed by atoms with Gasteiger partial charge >= 0.3 is 0 Å². The van der Waals surface area contributed by atoms with E-state index in [0.29, 0.717) is 23.4 Å². The summed E-state index contributed by atoms with van der Waals surface area (Å²) < 4.78 is 30.0. The van der Waals surface area contributed by atoms with Gasteiger partial charge in [0.2, 0.25) is 21.0 Å². The molecule has 0 bridgehead atoms. The molecule has 38 heavy (non-hydrogen) atoms. The van der Waals surface area contributed by atoms with Crippen LogP contribution in [0.25, 0.3) is 21.7 Å². The summed E-state index contributed by atoms with van der Waals surface area (Å²) in [5, 5.41) is 30.4. The number of primary sulfonamides is 1. The maximum absolute atomic E-state index is 11.4. The van der Waals surface area contributed by atoms with Crippen LogP contribution < -0.4 is 15.2 Å². The molecule has 0 spiro atoms. The monoisotopic (exact) mass is 545 g/mol. The number of azo groups is 1. The van der Waals surface area contributed by atoms with Gasteiger partial charge in [-0.15, -0.1) is 10.2 Å². The molecule has 1 aromatic heterocycles. The fraction of sp³-hybridized carbons (Fsp3) is 0.0741. The maximum Gasteiger partial charge on any atom is 0.238 e. The van der Waals surface area contributed by atoms with E-state index in [0.717, 1.165) is 21.9 Å². The molecule has 1 heterocycles. The number of nitrogens with zero attached hydrogens (tertiary/aromatic N) is 3. The molecule has 0 aliphatic heterocycles. The zero-order chi connectivity index (χ0) is 26.9. The van der Waals surface area contributed by atoms with Gasteiger partial charge in [0.15, 0.2) is 5.69 Å². The lowest BCUT2D eigenvalue weighted by atomic mass is 10.1. The SMILES string of the molecule is COc1ccc2c(c1)c(N=NC(=S)Nc1ccc(S(N)(=O)=O)cc1)c(O)n2Cc1ccc2ccccc2c1. The Morgan fingerprint density at radius 1 is 1.03 bits per heavy atom. The molecule has 0 unspecified atom stereocenters. The lowest BCUT2D eigenvalue weighted by Crippen LogP contribution is -2.12. The van der Waals surface area contributed by atoms with Gasteiger partial charge in [-0.2, -0.15) is 0 Å². The van der Waals surface area contributed by atoms with Gasteiger partial charge < -0.3 is 19.7 Å².